The number of hydrogen-bond acceptors (Lipinski definition) is 7. The van der Waals surface area contributed by atoms with Crippen LogP contribution in [0.5, 0.6) is 0 Å². The third-order valence-electron chi connectivity index (χ3n) is 11.7. The summed E-state index contributed by atoms with van der Waals surface area (Å²) in [7, 11) is -4.28. The van der Waals surface area contributed by atoms with E-state index in [1.807, 2.05) is 0 Å². The maximum atomic E-state index is 12.6. The molecule has 0 saturated heterocycles. The Bertz CT molecular complexity index is 935. The van der Waals surface area contributed by atoms with Crippen LogP contribution in [-0.4, -0.2) is 49.9 Å². The Hall–Kier alpha value is -0.760. The van der Waals surface area contributed by atoms with Gasteiger partial charge in [-0.25, -0.2) is 4.57 Å². The summed E-state index contributed by atoms with van der Waals surface area (Å²) in [5.41, 5.74) is 5.39. The number of rotatable bonds is 51. The molecular formula is C51H102NO7P. The number of unbranched alkanes of at least 4 members (excludes halogenated alkanes) is 36. The van der Waals surface area contributed by atoms with Gasteiger partial charge in [-0.15, -0.1) is 0 Å². The van der Waals surface area contributed by atoms with E-state index in [0.29, 0.717) is 13.0 Å². The van der Waals surface area contributed by atoms with Gasteiger partial charge in [0.05, 0.1) is 19.8 Å². The summed E-state index contributed by atoms with van der Waals surface area (Å²) in [5.74, 6) is -0.332. The lowest BCUT2D eigenvalue weighted by Gasteiger charge is -2.20. The monoisotopic (exact) mass is 872 g/mol. The number of ether oxygens (including phenoxy) is 2. The lowest BCUT2D eigenvalue weighted by Crippen LogP contribution is -2.28. The van der Waals surface area contributed by atoms with Crippen molar-refractivity contribution in [2.45, 2.75) is 277 Å². The molecule has 358 valence electrons. The molecule has 0 spiro atoms. The lowest BCUT2D eigenvalue weighted by atomic mass is 10.0. The van der Waals surface area contributed by atoms with Crippen molar-refractivity contribution in [3.8, 4) is 0 Å². The fourth-order valence-corrected chi connectivity index (χ4v) is 8.58. The first-order valence-electron chi connectivity index (χ1n) is 26.2. The number of nitrogens with two attached hydrogens (primary N) is 1. The highest BCUT2D eigenvalue weighted by Crippen LogP contribution is 2.43. The summed E-state index contributed by atoms with van der Waals surface area (Å²) in [6.07, 6.45) is 55.4. The maximum Gasteiger partial charge on any atom is 0.472 e. The maximum absolute atomic E-state index is 12.6. The minimum Gasteiger partial charge on any atom is -0.457 e. The van der Waals surface area contributed by atoms with Gasteiger partial charge in [-0.05, 0) is 38.5 Å². The van der Waals surface area contributed by atoms with Crippen LogP contribution in [0.15, 0.2) is 12.2 Å². The number of hydrogen-bond donors (Lipinski definition) is 2. The molecule has 0 aromatic rings. The Morgan fingerprint density at radius 2 is 0.833 bits per heavy atom. The first kappa shape index (κ1) is 59.2. The first-order valence-corrected chi connectivity index (χ1v) is 27.7. The van der Waals surface area contributed by atoms with Crippen molar-refractivity contribution in [2.24, 2.45) is 5.73 Å². The van der Waals surface area contributed by atoms with Crippen molar-refractivity contribution in [3.63, 3.8) is 0 Å². The molecule has 0 aliphatic heterocycles. The summed E-state index contributed by atoms with van der Waals surface area (Å²) in [5, 5.41) is 0. The zero-order valence-electron chi connectivity index (χ0n) is 40.0. The normalized spacial score (nSPS) is 13.3. The number of allylic oxidation sites excluding steroid dienone is 2. The average Bonchev–Trinajstić information content (AvgIpc) is 3.24. The molecule has 9 heteroatoms. The number of phosphoric acid groups is 1. The number of phosphoric ester groups is 1. The molecule has 0 aromatic carbocycles. The fourth-order valence-electron chi connectivity index (χ4n) is 7.82. The molecule has 0 saturated carbocycles. The molecule has 2 unspecified atom stereocenters. The van der Waals surface area contributed by atoms with E-state index in [9.17, 15) is 14.3 Å². The Labute approximate surface area is 373 Å². The zero-order valence-corrected chi connectivity index (χ0v) is 40.9. The smallest absolute Gasteiger partial charge is 0.457 e. The van der Waals surface area contributed by atoms with E-state index in [4.69, 9.17) is 24.3 Å². The summed E-state index contributed by atoms with van der Waals surface area (Å²) in [4.78, 5) is 22.6. The van der Waals surface area contributed by atoms with E-state index in [1.54, 1.807) is 0 Å². The summed E-state index contributed by atoms with van der Waals surface area (Å²) in [6.45, 7) is 4.98. The third kappa shape index (κ3) is 48.3. The van der Waals surface area contributed by atoms with E-state index in [2.05, 4.69) is 26.0 Å². The molecule has 2 atom stereocenters. The minimum absolute atomic E-state index is 0.0934. The summed E-state index contributed by atoms with van der Waals surface area (Å²) >= 11 is 0. The Balaban J connectivity index is 3.85. The predicted molar refractivity (Wildman–Crippen MR) is 257 cm³/mol. The van der Waals surface area contributed by atoms with Gasteiger partial charge >= 0.3 is 13.8 Å². The van der Waals surface area contributed by atoms with Crippen molar-refractivity contribution < 1.29 is 32.8 Å². The highest BCUT2D eigenvalue weighted by molar-refractivity contribution is 7.47. The van der Waals surface area contributed by atoms with Gasteiger partial charge in [-0.3, -0.25) is 13.8 Å². The minimum atomic E-state index is -4.28. The summed E-state index contributed by atoms with van der Waals surface area (Å²) in [6, 6.07) is 0. The van der Waals surface area contributed by atoms with Crippen LogP contribution >= 0.6 is 7.82 Å². The zero-order chi connectivity index (χ0) is 43.7. The van der Waals surface area contributed by atoms with Crippen LogP contribution in [0.4, 0.5) is 0 Å². The van der Waals surface area contributed by atoms with Crippen LogP contribution in [0.2, 0.25) is 0 Å². The molecule has 0 amide bonds. The predicted octanol–water partition coefficient (Wildman–Crippen LogP) is 16.2. The van der Waals surface area contributed by atoms with Crippen LogP contribution in [0.1, 0.15) is 271 Å². The quantitative estimate of drug-likeness (QED) is 0.0269. The number of carbonyl (C=O) groups excluding carboxylic acids is 1. The highest BCUT2D eigenvalue weighted by Gasteiger charge is 2.25. The molecule has 0 rings (SSSR count). The average molecular weight is 872 g/mol. The van der Waals surface area contributed by atoms with Gasteiger partial charge in [0.2, 0.25) is 0 Å². The molecule has 0 aliphatic rings. The van der Waals surface area contributed by atoms with E-state index in [1.165, 1.54) is 205 Å². The Morgan fingerprint density at radius 1 is 0.483 bits per heavy atom. The summed E-state index contributed by atoms with van der Waals surface area (Å²) < 4.78 is 33.6. The van der Waals surface area contributed by atoms with Crippen LogP contribution < -0.4 is 5.73 Å². The van der Waals surface area contributed by atoms with Crippen LogP contribution in [0, 0.1) is 0 Å². The van der Waals surface area contributed by atoms with Gasteiger partial charge in [-0.1, -0.05) is 238 Å². The van der Waals surface area contributed by atoms with Crippen molar-refractivity contribution in [1.82, 2.24) is 0 Å². The van der Waals surface area contributed by atoms with E-state index >= 15 is 0 Å². The van der Waals surface area contributed by atoms with Gasteiger partial charge in [0.25, 0.3) is 0 Å². The molecule has 60 heavy (non-hydrogen) atoms. The topological polar surface area (TPSA) is 117 Å². The van der Waals surface area contributed by atoms with Crippen molar-refractivity contribution in [3.05, 3.63) is 12.2 Å². The fraction of sp³-hybridized carbons (Fsp3) is 0.941. The molecule has 0 aliphatic carbocycles. The largest absolute Gasteiger partial charge is 0.472 e. The number of carbonyl (C=O) groups is 1. The molecule has 0 bridgehead atoms. The van der Waals surface area contributed by atoms with Crippen molar-refractivity contribution >= 4 is 13.8 Å². The second-order valence-electron chi connectivity index (χ2n) is 17.7. The van der Waals surface area contributed by atoms with E-state index < -0.39 is 13.9 Å². The Morgan fingerprint density at radius 3 is 1.22 bits per heavy atom. The third-order valence-corrected chi connectivity index (χ3v) is 12.7. The second kappa shape index (κ2) is 49.3. The SMILES string of the molecule is CCCCCCCCC/C=C\CCCCCCCC(=O)OC(COCCCCCCCCCCCCCCCCCCCCCCCCCCC)COP(=O)(O)OCCN. The van der Waals surface area contributed by atoms with Crippen molar-refractivity contribution in [1.29, 1.82) is 0 Å². The van der Waals surface area contributed by atoms with Gasteiger partial charge in [0, 0.05) is 19.6 Å². The van der Waals surface area contributed by atoms with Crippen LogP contribution in [-0.2, 0) is 27.9 Å². The van der Waals surface area contributed by atoms with E-state index in [0.717, 1.165) is 44.9 Å². The van der Waals surface area contributed by atoms with Crippen LogP contribution in [0.3, 0.4) is 0 Å². The molecular weight excluding hydrogens is 770 g/mol. The molecule has 0 radical (unpaired) electrons. The first-order chi connectivity index (χ1) is 29.4. The molecule has 8 nitrogen and oxygen atoms in total. The second-order valence-corrected chi connectivity index (χ2v) is 19.2. The Kier molecular flexibility index (Phi) is 48.6. The lowest BCUT2D eigenvalue weighted by molar-refractivity contribution is -0.154. The number of esters is 1. The molecule has 0 fully saturated rings. The van der Waals surface area contributed by atoms with Gasteiger partial charge < -0.3 is 20.1 Å². The molecule has 0 heterocycles. The van der Waals surface area contributed by atoms with Gasteiger partial charge in [0.1, 0.15) is 6.10 Å². The highest BCUT2D eigenvalue weighted by atomic mass is 31.2. The van der Waals surface area contributed by atoms with Gasteiger partial charge in [0.15, 0.2) is 0 Å². The molecule has 0 aromatic heterocycles. The molecule has 3 N–H and O–H groups in total. The van der Waals surface area contributed by atoms with Crippen molar-refractivity contribution in [2.75, 3.05) is 33.0 Å². The van der Waals surface area contributed by atoms with Crippen LogP contribution in [0.25, 0.3) is 0 Å². The van der Waals surface area contributed by atoms with E-state index in [-0.39, 0.29) is 32.3 Å². The van der Waals surface area contributed by atoms with Gasteiger partial charge in [-0.2, -0.15) is 0 Å². The standard InChI is InChI=1S/C51H102NO7P/c1-3-5-7-9-11-13-15-17-19-21-22-23-24-25-26-27-28-29-31-33-35-37-39-41-43-46-56-48-50(49-58-60(54,55)57-47-45-52)59-51(53)44-42-40-38-36-34-32-30-20-18-16-14-12-10-8-6-4-2/h20,30,50H,3-19,21-29,31-49,52H2,1-2H3,(H,54,55)/b30-20-.